The maximum Gasteiger partial charge on any atom is 0.112 e. The number of halogens is 2. The molecule has 0 bridgehead atoms. The summed E-state index contributed by atoms with van der Waals surface area (Å²) in [5.41, 5.74) is 5.71. The van der Waals surface area contributed by atoms with Crippen molar-refractivity contribution in [1.82, 2.24) is 0 Å². The van der Waals surface area contributed by atoms with Crippen LogP contribution < -0.4 is 0 Å². The summed E-state index contributed by atoms with van der Waals surface area (Å²) in [5, 5.41) is 1.33. The molecule has 29 heavy (non-hydrogen) atoms. The van der Waals surface area contributed by atoms with Crippen molar-refractivity contribution in [1.29, 1.82) is 0 Å². The highest BCUT2D eigenvalue weighted by Crippen LogP contribution is 2.42. The van der Waals surface area contributed by atoms with Crippen molar-refractivity contribution in [2.45, 2.75) is 38.3 Å². The highest BCUT2D eigenvalue weighted by atomic mass is 35.5. The standard InChI is InChI=1S/C24H24Cl2O3/c1-13(2)17-7-5-15(9-19(17)25)23(21-11-27-21)29-24(22-12-28-22)16-6-8-18(14(3)4)20(26)10-16/h5-10,21-24H,1,3,11-12H2,2,4H3. The van der Waals surface area contributed by atoms with E-state index < -0.39 is 0 Å². The van der Waals surface area contributed by atoms with Gasteiger partial charge in [0.1, 0.15) is 24.4 Å². The first kappa shape index (κ1) is 20.6. The van der Waals surface area contributed by atoms with Crippen LogP contribution in [-0.2, 0) is 14.2 Å². The number of rotatable bonds is 8. The quantitative estimate of drug-likeness (QED) is 0.439. The molecule has 5 heteroatoms. The predicted molar refractivity (Wildman–Crippen MR) is 118 cm³/mol. The van der Waals surface area contributed by atoms with Crippen LogP contribution >= 0.6 is 23.2 Å². The molecular formula is C24H24Cl2O3. The molecule has 4 atom stereocenters. The summed E-state index contributed by atoms with van der Waals surface area (Å²) >= 11 is 13.0. The van der Waals surface area contributed by atoms with Gasteiger partial charge < -0.3 is 14.2 Å². The lowest BCUT2D eigenvalue weighted by Gasteiger charge is -2.24. The molecule has 2 saturated heterocycles. The summed E-state index contributed by atoms with van der Waals surface area (Å²) < 4.78 is 17.7. The summed E-state index contributed by atoms with van der Waals surface area (Å²) in [5.74, 6) is 0. The monoisotopic (exact) mass is 430 g/mol. The van der Waals surface area contributed by atoms with Gasteiger partial charge >= 0.3 is 0 Å². The molecule has 0 radical (unpaired) electrons. The molecule has 4 unspecified atom stereocenters. The lowest BCUT2D eigenvalue weighted by Crippen LogP contribution is -2.19. The number of epoxide rings is 2. The molecule has 2 fully saturated rings. The van der Waals surface area contributed by atoms with Gasteiger partial charge in [0.15, 0.2) is 0 Å². The summed E-state index contributed by atoms with van der Waals surface area (Å²) in [6.07, 6.45) is -0.456. The van der Waals surface area contributed by atoms with Gasteiger partial charge in [0.25, 0.3) is 0 Å². The Morgan fingerprint density at radius 2 is 1.24 bits per heavy atom. The Morgan fingerprint density at radius 1 is 0.862 bits per heavy atom. The zero-order valence-electron chi connectivity index (χ0n) is 16.6. The molecule has 3 nitrogen and oxygen atoms in total. The number of allylic oxidation sites excluding steroid dienone is 2. The fraction of sp³-hybridized carbons (Fsp3) is 0.333. The molecule has 0 amide bonds. The van der Waals surface area contributed by atoms with E-state index in [2.05, 4.69) is 13.2 Å². The zero-order valence-corrected chi connectivity index (χ0v) is 18.1. The highest BCUT2D eigenvalue weighted by molar-refractivity contribution is 6.32. The molecule has 2 heterocycles. The highest BCUT2D eigenvalue weighted by Gasteiger charge is 2.42. The summed E-state index contributed by atoms with van der Waals surface area (Å²) in [7, 11) is 0. The first-order chi connectivity index (χ1) is 13.8. The van der Waals surface area contributed by atoms with Gasteiger partial charge in [0.05, 0.1) is 13.2 Å². The molecule has 2 aliphatic rings. The van der Waals surface area contributed by atoms with Crippen molar-refractivity contribution >= 4 is 34.3 Å². The van der Waals surface area contributed by atoms with Crippen molar-refractivity contribution in [2.75, 3.05) is 13.2 Å². The Labute approximate surface area is 181 Å². The first-order valence-corrected chi connectivity index (χ1v) is 10.4. The molecule has 0 aromatic heterocycles. The smallest absolute Gasteiger partial charge is 0.112 e. The fourth-order valence-corrected chi connectivity index (χ4v) is 4.19. The van der Waals surface area contributed by atoms with Crippen molar-refractivity contribution < 1.29 is 14.2 Å². The number of hydrogen-bond acceptors (Lipinski definition) is 3. The third-order valence-electron chi connectivity index (χ3n) is 5.25. The third-order valence-corrected chi connectivity index (χ3v) is 5.88. The second kappa shape index (κ2) is 8.25. The van der Waals surface area contributed by atoms with Gasteiger partial charge in [-0.1, -0.05) is 60.6 Å². The van der Waals surface area contributed by atoms with Gasteiger partial charge in [0, 0.05) is 10.0 Å². The van der Waals surface area contributed by atoms with Crippen LogP contribution in [0.2, 0.25) is 10.0 Å². The number of benzene rings is 2. The minimum Gasteiger partial charge on any atom is -0.370 e. The second-order valence-electron chi connectivity index (χ2n) is 7.76. The molecule has 2 aromatic carbocycles. The van der Waals surface area contributed by atoms with E-state index in [9.17, 15) is 0 Å². The van der Waals surface area contributed by atoms with E-state index >= 15 is 0 Å². The molecule has 2 aliphatic heterocycles. The van der Waals surface area contributed by atoms with E-state index in [0.29, 0.717) is 23.3 Å². The number of hydrogen-bond donors (Lipinski definition) is 0. The molecule has 0 saturated carbocycles. The Bertz CT molecular complexity index is 883. The van der Waals surface area contributed by atoms with E-state index in [4.69, 9.17) is 37.4 Å². The first-order valence-electron chi connectivity index (χ1n) is 9.64. The maximum absolute atomic E-state index is 6.57. The normalized spacial score (nSPS) is 22.1. The molecule has 2 aromatic rings. The van der Waals surface area contributed by atoms with E-state index in [1.807, 2.05) is 50.2 Å². The van der Waals surface area contributed by atoms with Gasteiger partial charge in [-0.15, -0.1) is 0 Å². The van der Waals surface area contributed by atoms with Gasteiger partial charge in [-0.3, -0.25) is 0 Å². The summed E-state index contributed by atoms with van der Waals surface area (Å²) in [6.45, 7) is 13.2. The molecule has 152 valence electrons. The molecule has 4 rings (SSSR count). The predicted octanol–water partition coefficient (Wildman–Crippen LogP) is 6.66. The third kappa shape index (κ3) is 4.60. The van der Waals surface area contributed by atoms with Crippen LogP contribution in [0, 0.1) is 0 Å². The van der Waals surface area contributed by atoms with Crippen LogP contribution in [0.4, 0.5) is 0 Å². The van der Waals surface area contributed by atoms with Crippen molar-refractivity contribution in [3.05, 3.63) is 81.9 Å². The largest absolute Gasteiger partial charge is 0.370 e. The average molecular weight is 431 g/mol. The van der Waals surface area contributed by atoms with Gasteiger partial charge in [-0.2, -0.15) is 0 Å². The van der Waals surface area contributed by atoms with E-state index in [-0.39, 0.29) is 24.4 Å². The van der Waals surface area contributed by atoms with Crippen molar-refractivity contribution in [3.8, 4) is 0 Å². The SMILES string of the molecule is C=C(C)c1ccc(C(OC(c2ccc(C(=C)C)c(Cl)c2)C2CO2)C2CO2)cc1Cl. The Morgan fingerprint density at radius 3 is 1.52 bits per heavy atom. The Hall–Kier alpha value is -1.62. The van der Waals surface area contributed by atoms with Crippen molar-refractivity contribution in [2.24, 2.45) is 0 Å². The van der Waals surface area contributed by atoms with Crippen LogP contribution in [-0.4, -0.2) is 25.4 Å². The molecular weight excluding hydrogens is 407 g/mol. The van der Waals surface area contributed by atoms with E-state index in [0.717, 1.165) is 33.4 Å². The average Bonchev–Trinajstić information content (AvgIpc) is 3.55. The minimum absolute atomic E-state index is 0.00756. The molecule has 0 aliphatic carbocycles. The molecule has 0 N–H and O–H groups in total. The van der Waals surface area contributed by atoms with Gasteiger partial charge in [-0.25, -0.2) is 0 Å². The number of ether oxygens (including phenoxy) is 3. The van der Waals surface area contributed by atoms with Gasteiger partial charge in [-0.05, 0) is 59.4 Å². The van der Waals surface area contributed by atoms with Crippen LogP contribution in [0.1, 0.15) is 48.3 Å². The summed E-state index contributed by atoms with van der Waals surface area (Å²) in [6, 6.07) is 11.9. The van der Waals surface area contributed by atoms with E-state index in [1.54, 1.807) is 0 Å². The van der Waals surface area contributed by atoms with Crippen LogP contribution in [0.15, 0.2) is 49.6 Å². The Kier molecular flexibility index (Phi) is 5.87. The zero-order chi connectivity index (χ0) is 20.7. The fourth-order valence-electron chi connectivity index (χ4n) is 3.49. The van der Waals surface area contributed by atoms with E-state index in [1.165, 1.54) is 0 Å². The van der Waals surface area contributed by atoms with Crippen LogP contribution in [0.5, 0.6) is 0 Å². The topological polar surface area (TPSA) is 34.3 Å². The molecule has 0 spiro atoms. The summed E-state index contributed by atoms with van der Waals surface area (Å²) in [4.78, 5) is 0. The minimum atomic E-state index is -0.236. The lowest BCUT2D eigenvalue weighted by molar-refractivity contribution is -0.0419. The van der Waals surface area contributed by atoms with Gasteiger partial charge in [0.2, 0.25) is 0 Å². The lowest BCUT2D eigenvalue weighted by atomic mass is 9.99. The van der Waals surface area contributed by atoms with Crippen LogP contribution in [0.25, 0.3) is 11.1 Å². The Balaban J connectivity index is 1.63. The maximum atomic E-state index is 6.57. The second-order valence-corrected chi connectivity index (χ2v) is 8.57. The van der Waals surface area contributed by atoms with Crippen molar-refractivity contribution in [3.63, 3.8) is 0 Å². The van der Waals surface area contributed by atoms with Crippen LogP contribution in [0.3, 0.4) is 0 Å².